The lowest BCUT2D eigenvalue weighted by Gasteiger charge is -2.27. The molecule has 3 fully saturated rings. The molecule has 5 rings (SSSR count). The number of anilines is 1. The van der Waals surface area contributed by atoms with Crippen LogP contribution in [0, 0.1) is 17.8 Å². The second-order valence-corrected chi connectivity index (χ2v) is 10.2. The quantitative estimate of drug-likeness (QED) is 0.628. The zero-order chi connectivity index (χ0) is 23.2. The molecule has 33 heavy (non-hydrogen) atoms. The van der Waals surface area contributed by atoms with Gasteiger partial charge < -0.3 is 16.0 Å². The maximum atomic E-state index is 12.6. The molecule has 3 aliphatic rings. The van der Waals surface area contributed by atoms with Crippen molar-refractivity contribution in [1.82, 2.24) is 24.7 Å². The number of hydrogen-bond acceptors (Lipinski definition) is 6. The van der Waals surface area contributed by atoms with Gasteiger partial charge in [0.1, 0.15) is 5.82 Å². The number of rotatable bonds is 5. The maximum absolute atomic E-state index is 12.6. The lowest BCUT2D eigenvalue weighted by atomic mass is 9.96. The molecule has 2 aliphatic heterocycles. The number of aromatic nitrogens is 2. The highest BCUT2D eigenvalue weighted by atomic mass is 16.2. The number of nitrogens with two attached hydrogens (primary N) is 1. The molecule has 0 bridgehead atoms. The standard InChI is InChI=1S/C24H33N7O2/c1-24(2,25)21-18-14-29(15-19(18)21)13-16-3-5-17(6-4-16)31-10-7-20(28-23(31)33)27-22(32)30-11-8-26-9-12-30/h3-7,10,18-19,21,26H,8-9,11-15,25H2,1-2H3,(H,27,28,32,33)/t18-,19+,21?. The molecular formula is C24H33N7O2. The second-order valence-electron chi connectivity index (χ2n) is 10.2. The number of piperazine rings is 1. The Morgan fingerprint density at radius 2 is 1.82 bits per heavy atom. The van der Waals surface area contributed by atoms with Gasteiger partial charge in [0.15, 0.2) is 0 Å². The molecule has 9 nitrogen and oxygen atoms in total. The van der Waals surface area contributed by atoms with Crippen molar-refractivity contribution in [2.45, 2.75) is 25.9 Å². The summed E-state index contributed by atoms with van der Waals surface area (Å²) in [4.78, 5) is 33.2. The minimum absolute atomic E-state index is 0.0756. The highest BCUT2D eigenvalue weighted by Gasteiger charge is 2.60. The Hall–Kier alpha value is -2.75. The molecule has 1 unspecified atom stereocenters. The van der Waals surface area contributed by atoms with Gasteiger partial charge >= 0.3 is 11.7 Å². The van der Waals surface area contributed by atoms with Crippen molar-refractivity contribution < 1.29 is 4.79 Å². The first kappa shape index (κ1) is 22.1. The minimum Gasteiger partial charge on any atom is -0.325 e. The van der Waals surface area contributed by atoms with Gasteiger partial charge in [0.05, 0.1) is 5.69 Å². The van der Waals surface area contributed by atoms with E-state index < -0.39 is 5.69 Å². The highest BCUT2D eigenvalue weighted by molar-refractivity contribution is 5.88. The smallest absolute Gasteiger partial charge is 0.325 e. The second kappa shape index (κ2) is 8.55. The number of nitrogens with zero attached hydrogens (tertiary/aromatic N) is 4. The van der Waals surface area contributed by atoms with Crippen LogP contribution in [0.2, 0.25) is 0 Å². The van der Waals surface area contributed by atoms with E-state index in [-0.39, 0.29) is 17.4 Å². The number of fused-ring (bicyclic) bond motifs is 1. The molecule has 0 spiro atoms. The molecule has 4 N–H and O–H groups in total. The summed E-state index contributed by atoms with van der Waals surface area (Å²) in [6.07, 6.45) is 1.65. The van der Waals surface area contributed by atoms with Crippen LogP contribution in [0.25, 0.3) is 5.69 Å². The van der Waals surface area contributed by atoms with E-state index in [2.05, 4.69) is 46.5 Å². The normalized spacial score (nSPS) is 25.1. The number of piperidine rings is 1. The Balaban J connectivity index is 1.18. The molecule has 2 saturated heterocycles. The van der Waals surface area contributed by atoms with Gasteiger partial charge in [-0.15, -0.1) is 0 Å². The summed E-state index contributed by atoms with van der Waals surface area (Å²) in [6.45, 7) is 10.2. The van der Waals surface area contributed by atoms with Crippen LogP contribution in [0.5, 0.6) is 0 Å². The van der Waals surface area contributed by atoms with Crippen LogP contribution in [0.4, 0.5) is 10.6 Å². The fraction of sp³-hybridized carbons (Fsp3) is 0.542. The van der Waals surface area contributed by atoms with E-state index in [1.807, 2.05) is 12.1 Å². The van der Waals surface area contributed by atoms with Crippen LogP contribution in [0.3, 0.4) is 0 Å². The third-order valence-corrected chi connectivity index (χ3v) is 7.19. The van der Waals surface area contributed by atoms with Crippen LogP contribution in [0.1, 0.15) is 19.4 Å². The Labute approximate surface area is 194 Å². The van der Waals surface area contributed by atoms with Gasteiger partial charge in [-0.2, -0.15) is 4.98 Å². The van der Waals surface area contributed by atoms with Gasteiger partial charge in [-0.25, -0.2) is 9.59 Å². The number of urea groups is 1. The average Bonchev–Trinajstić information content (AvgIpc) is 3.33. The number of carbonyl (C=O) groups excluding carboxylic acids is 1. The third-order valence-electron chi connectivity index (χ3n) is 7.19. The van der Waals surface area contributed by atoms with Crippen molar-refractivity contribution in [3.05, 3.63) is 52.6 Å². The number of likely N-dealkylation sites (tertiary alicyclic amines) is 1. The molecule has 9 heteroatoms. The molecule has 2 aromatic rings. The average molecular weight is 452 g/mol. The molecule has 0 radical (unpaired) electrons. The van der Waals surface area contributed by atoms with E-state index in [0.29, 0.717) is 19.0 Å². The SMILES string of the molecule is CC(C)(N)C1[C@H]2CN(Cc3ccc(-n4ccc(NC(=O)N5CCNCC5)nc4=O)cc3)C[C@@H]12. The molecule has 1 aliphatic carbocycles. The summed E-state index contributed by atoms with van der Waals surface area (Å²) in [5.41, 5.74) is 7.79. The van der Waals surface area contributed by atoms with Crippen LogP contribution < -0.4 is 22.1 Å². The summed E-state index contributed by atoms with van der Waals surface area (Å²) in [5.74, 6) is 2.39. The van der Waals surface area contributed by atoms with E-state index in [1.54, 1.807) is 17.2 Å². The molecule has 2 amide bonds. The van der Waals surface area contributed by atoms with Crippen LogP contribution in [-0.2, 0) is 6.54 Å². The Bertz CT molecular complexity index is 1060. The number of benzene rings is 1. The molecule has 1 aromatic carbocycles. The van der Waals surface area contributed by atoms with Crippen LogP contribution >= 0.6 is 0 Å². The van der Waals surface area contributed by atoms with E-state index in [1.165, 1.54) is 10.1 Å². The van der Waals surface area contributed by atoms with Gasteiger partial charge in [-0.1, -0.05) is 12.1 Å². The Morgan fingerprint density at radius 1 is 1.15 bits per heavy atom. The van der Waals surface area contributed by atoms with E-state index >= 15 is 0 Å². The lowest BCUT2D eigenvalue weighted by molar-refractivity contribution is 0.204. The maximum Gasteiger partial charge on any atom is 0.354 e. The highest BCUT2D eigenvalue weighted by Crippen LogP contribution is 2.56. The Morgan fingerprint density at radius 3 is 2.42 bits per heavy atom. The van der Waals surface area contributed by atoms with Crippen molar-refractivity contribution in [2.75, 3.05) is 44.6 Å². The Kier molecular flexibility index (Phi) is 5.72. The summed E-state index contributed by atoms with van der Waals surface area (Å²) < 4.78 is 1.49. The van der Waals surface area contributed by atoms with Crippen molar-refractivity contribution in [3.8, 4) is 5.69 Å². The van der Waals surface area contributed by atoms with Crippen molar-refractivity contribution in [3.63, 3.8) is 0 Å². The van der Waals surface area contributed by atoms with Crippen LogP contribution in [-0.4, -0.2) is 70.2 Å². The zero-order valence-corrected chi connectivity index (χ0v) is 19.3. The van der Waals surface area contributed by atoms with Gasteiger partial charge in [0, 0.05) is 57.5 Å². The van der Waals surface area contributed by atoms with Crippen molar-refractivity contribution >= 4 is 11.8 Å². The lowest BCUT2D eigenvalue weighted by Crippen LogP contribution is -2.48. The minimum atomic E-state index is -0.420. The van der Waals surface area contributed by atoms with Crippen molar-refractivity contribution in [1.29, 1.82) is 0 Å². The first-order valence-corrected chi connectivity index (χ1v) is 11.8. The summed E-state index contributed by atoms with van der Waals surface area (Å²) in [6, 6.07) is 9.44. The molecule has 176 valence electrons. The number of hydrogen-bond donors (Lipinski definition) is 3. The first-order valence-electron chi connectivity index (χ1n) is 11.8. The molecular weight excluding hydrogens is 418 g/mol. The predicted octanol–water partition coefficient (Wildman–Crippen LogP) is 1.08. The number of carbonyl (C=O) groups is 1. The van der Waals surface area contributed by atoms with E-state index in [9.17, 15) is 9.59 Å². The molecule has 3 atom stereocenters. The monoisotopic (exact) mass is 451 g/mol. The topological polar surface area (TPSA) is 109 Å². The fourth-order valence-corrected chi connectivity index (χ4v) is 5.59. The van der Waals surface area contributed by atoms with E-state index in [4.69, 9.17) is 5.73 Å². The predicted molar refractivity (Wildman–Crippen MR) is 127 cm³/mol. The van der Waals surface area contributed by atoms with Gasteiger partial charge in [0.25, 0.3) is 0 Å². The summed E-state index contributed by atoms with van der Waals surface area (Å²) >= 11 is 0. The molecule has 1 saturated carbocycles. The number of nitrogens with one attached hydrogen (secondary N) is 2. The molecule has 1 aromatic heterocycles. The molecule has 3 heterocycles. The first-order chi connectivity index (χ1) is 15.8. The van der Waals surface area contributed by atoms with Gasteiger partial charge in [0.2, 0.25) is 0 Å². The van der Waals surface area contributed by atoms with E-state index in [0.717, 1.165) is 50.2 Å². The van der Waals surface area contributed by atoms with Gasteiger partial charge in [-0.3, -0.25) is 14.8 Å². The van der Waals surface area contributed by atoms with Gasteiger partial charge in [-0.05, 0) is 55.4 Å². The third kappa shape index (κ3) is 4.66. The largest absolute Gasteiger partial charge is 0.354 e. The van der Waals surface area contributed by atoms with Crippen molar-refractivity contribution in [2.24, 2.45) is 23.5 Å². The summed E-state index contributed by atoms with van der Waals surface area (Å²) in [7, 11) is 0. The number of amides is 2. The fourth-order valence-electron chi connectivity index (χ4n) is 5.59. The zero-order valence-electron chi connectivity index (χ0n) is 19.3. The summed E-state index contributed by atoms with van der Waals surface area (Å²) in [5, 5.41) is 5.93. The van der Waals surface area contributed by atoms with Crippen LogP contribution in [0.15, 0.2) is 41.3 Å².